The van der Waals surface area contributed by atoms with E-state index in [0.29, 0.717) is 6.42 Å². The van der Waals surface area contributed by atoms with E-state index in [1.165, 1.54) is 7.05 Å². The molecular weight excluding hydrogens is 356 g/mol. The van der Waals surface area contributed by atoms with E-state index >= 15 is 0 Å². The minimum atomic E-state index is -1.22. The Balaban J connectivity index is 2.64. The fourth-order valence-electron chi connectivity index (χ4n) is 2.82. The molecule has 0 aliphatic carbocycles. The van der Waals surface area contributed by atoms with Crippen LogP contribution < -0.4 is 11.2 Å². The molecule has 0 saturated heterocycles. The van der Waals surface area contributed by atoms with E-state index in [9.17, 15) is 19.2 Å². The Morgan fingerprint density at radius 2 is 1.56 bits per heavy atom. The van der Waals surface area contributed by atoms with Crippen LogP contribution in [0.5, 0.6) is 0 Å². The summed E-state index contributed by atoms with van der Waals surface area (Å²) in [5.41, 5.74) is -1.58. The molecule has 0 spiro atoms. The summed E-state index contributed by atoms with van der Waals surface area (Å²) in [7, 11) is 1.42. The molecule has 0 saturated carbocycles. The Kier molecular flexibility index (Phi) is 6.43. The molecule has 2 N–H and O–H groups in total. The van der Waals surface area contributed by atoms with Crippen molar-refractivity contribution in [2.45, 2.75) is 52.0 Å². The number of carboxylic acid groups (broad SMARTS) is 2. The quantitative estimate of drug-likeness (QED) is 0.594. The molecule has 0 unspecified atom stereocenters. The molecule has 0 radical (unpaired) electrons. The van der Waals surface area contributed by atoms with E-state index in [2.05, 4.69) is 16.9 Å². The maximum absolute atomic E-state index is 12.7. The van der Waals surface area contributed by atoms with Gasteiger partial charge in [-0.2, -0.15) is 0 Å². The number of carbonyl (C=O) groups is 2. The summed E-state index contributed by atoms with van der Waals surface area (Å²) in [5.74, 6) is -2.44. The molecule has 2 aromatic heterocycles. The lowest BCUT2D eigenvalue weighted by Crippen LogP contribution is -2.40. The number of aryl methyl sites for hydroxylation is 1. The fraction of sp³-hybridized carbons (Fsp3) is 0.529. The second-order valence-corrected chi connectivity index (χ2v) is 6.29. The van der Waals surface area contributed by atoms with E-state index in [1.807, 2.05) is 0 Å². The van der Waals surface area contributed by atoms with Crippen molar-refractivity contribution in [2.24, 2.45) is 7.05 Å². The topological polar surface area (TPSA) is 144 Å². The molecule has 0 atom stereocenters. The smallest absolute Gasteiger partial charge is 0.332 e. The first-order chi connectivity index (χ1) is 12.8. The highest BCUT2D eigenvalue weighted by Crippen LogP contribution is 2.11. The summed E-state index contributed by atoms with van der Waals surface area (Å²) in [5, 5.41) is 18.0. The van der Waals surface area contributed by atoms with Crippen LogP contribution in [0.2, 0.25) is 0 Å². The number of unbranched alkanes of at least 4 members (excludes halogenated alkanes) is 3. The standard InChI is InChI=1S/C17H22N4O6/c1-3-4-5-6-7-21-16(26)14-15(20(2)17(21)27)19-11(9-13(24)25)10(18-14)8-12(22)23/h3-9H2,1-2H3,(H,22,23)(H,24,25). The van der Waals surface area contributed by atoms with Crippen LogP contribution in [0.1, 0.15) is 44.0 Å². The highest BCUT2D eigenvalue weighted by atomic mass is 16.4. The van der Waals surface area contributed by atoms with Gasteiger partial charge in [-0.05, 0) is 6.42 Å². The number of hydrogen-bond acceptors (Lipinski definition) is 6. The van der Waals surface area contributed by atoms with Gasteiger partial charge in [-0.3, -0.25) is 23.5 Å². The van der Waals surface area contributed by atoms with Gasteiger partial charge in [0, 0.05) is 13.6 Å². The Morgan fingerprint density at radius 1 is 0.963 bits per heavy atom. The largest absolute Gasteiger partial charge is 0.481 e. The van der Waals surface area contributed by atoms with Crippen molar-refractivity contribution in [3.63, 3.8) is 0 Å². The zero-order valence-electron chi connectivity index (χ0n) is 15.3. The van der Waals surface area contributed by atoms with E-state index in [1.54, 1.807) is 0 Å². The molecule has 10 heteroatoms. The summed E-state index contributed by atoms with van der Waals surface area (Å²) in [6.07, 6.45) is 2.41. The Morgan fingerprint density at radius 3 is 2.11 bits per heavy atom. The van der Waals surface area contributed by atoms with Crippen LogP contribution in [0.4, 0.5) is 0 Å². The van der Waals surface area contributed by atoms with E-state index in [-0.39, 0.29) is 29.1 Å². The number of aliphatic carboxylic acids is 2. The lowest BCUT2D eigenvalue weighted by atomic mass is 10.2. The summed E-state index contributed by atoms with van der Waals surface area (Å²) >= 11 is 0. The second kappa shape index (κ2) is 8.56. The monoisotopic (exact) mass is 378 g/mol. The Bertz CT molecular complexity index is 992. The highest BCUT2D eigenvalue weighted by Gasteiger charge is 2.20. The van der Waals surface area contributed by atoms with Crippen LogP contribution in [0.3, 0.4) is 0 Å². The molecule has 2 rings (SSSR count). The highest BCUT2D eigenvalue weighted by molar-refractivity contribution is 5.76. The molecular formula is C17H22N4O6. The normalized spacial score (nSPS) is 11.0. The molecule has 0 aliphatic rings. The zero-order valence-corrected chi connectivity index (χ0v) is 15.3. The van der Waals surface area contributed by atoms with Crippen molar-refractivity contribution >= 4 is 23.1 Å². The molecule has 27 heavy (non-hydrogen) atoms. The summed E-state index contributed by atoms with van der Waals surface area (Å²) in [4.78, 5) is 55.5. The molecule has 0 bridgehead atoms. The summed E-state index contributed by atoms with van der Waals surface area (Å²) in [6, 6.07) is 0. The van der Waals surface area contributed by atoms with Crippen LogP contribution in [-0.2, 0) is 36.0 Å². The zero-order chi connectivity index (χ0) is 20.1. The predicted molar refractivity (Wildman–Crippen MR) is 95.9 cm³/mol. The van der Waals surface area contributed by atoms with E-state index in [0.717, 1.165) is 28.4 Å². The van der Waals surface area contributed by atoms with E-state index < -0.39 is 36.0 Å². The van der Waals surface area contributed by atoms with Crippen molar-refractivity contribution in [3.8, 4) is 0 Å². The lowest BCUT2D eigenvalue weighted by Gasteiger charge is -2.12. The molecule has 0 amide bonds. The van der Waals surface area contributed by atoms with Crippen LogP contribution in [0.15, 0.2) is 9.59 Å². The summed E-state index contributed by atoms with van der Waals surface area (Å²) in [6.45, 7) is 2.28. The maximum atomic E-state index is 12.7. The third-order valence-corrected chi connectivity index (χ3v) is 4.19. The molecule has 2 heterocycles. The van der Waals surface area contributed by atoms with Crippen LogP contribution in [0, 0.1) is 0 Å². The van der Waals surface area contributed by atoms with Gasteiger partial charge in [-0.1, -0.05) is 26.2 Å². The molecule has 0 fully saturated rings. The van der Waals surface area contributed by atoms with Crippen molar-refractivity contribution in [3.05, 3.63) is 32.2 Å². The van der Waals surface area contributed by atoms with Gasteiger partial charge >= 0.3 is 17.6 Å². The second-order valence-electron chi connectivity index (χ2n) is 6.29. The third-order valence-electron chi connectivity index (χ3n) is 4.19. The van der Waals surface area contributed by atoms with Gasteiger partial charge in [-0.15, -0.1) is 0 Å². The number of aromatic nitrogens is 4. The number of nitrogens with zero attached hydrogens (tertiary/aromatic N) is 4. The minimum Gasteiger partial charge on any atom is -0.481 e. The van der Waals surface area contributed by atoms with Gasteiger partial charge in [-0.25, -0.2) is 14.8 Å². The molecule has 0 aromatic carbocycles. The number of rotatable bonds is 9. The van der Waals surface area contributed by atoms with Gasteiger partial charge in [0.1, 0.15) is 0 Å². The van der Waals surface area contributed by atoms with Crippen LogP contribution in [-0.4, -0.2) is 41.3 Å². The van der Waals surface area contributed by atoms with Crippen LogP contribution in [0.25, 0.3) is 11.2 Å². The van der Waals surface area contributed by atoms with Gasteiger partial charge in [0.15, 0.2) is 11.2 Å². The predicted octanol–water partition coefficient (Wildman–Crippen LogP) is 0.325. The van der Waals surface area contributed by atoms with E-state index in [4.69, 9.17) is 10.2 Å². The first kappa shape index (κ1) is 20.3. The van der Waals surface area contributed by atoms with Crippen LogP contribution >= 0.6 is 0 Å². The Labute approximate surface area is 154 Å². The molecule has 2 aromatic rings. The SMILES string of the molecule is CCCCCCn1c(=O)c2nc(CC(=O)O)c(CC(=O)O)nc2n(C)c1=O. The van der Waals surface area contributed by atoms with Crippen molar-refractivity contribution in [1.29, 1.82) is 0 Å². The van der Waals surface area contributed by atoms with Crippen molar-refractivity contribution in [2.75, 3.05) is 0 Å². The number of fused-ring (bicyclic) bond motifs is 1. The van der Waals surface area contributed by atoms with Gasteiger partial charge < -0.3 is 10.2 Å². The first-order valence-electron chi connectivity index (χ1n) is 8.69. The number of hydrogen-bond donors (Lipinski definition) is 2. The maximum Gasteiger partial charge on any atom is 0.332 e. The molecule has 0 aliphatic heterocycles. The Hall–Kier alpha value is -3.04. The molecule has 146 valence electrons. The number of carboxylic acids is 2. The minimum absolute atomic E-state index is 0.0554. The third kappa shape index (κ3) is 4.57. The average Bonchev–Trinajstić information content (AvgIpc) is 2.59. The van der Waals surface area contributed by atoms with Crippen molar-refractivity contribution in [1.82, 2.24) is 19.1 Å². The van der Waals surface area contributed by atoms with Gasteiger partial charge in [0.2, 0.25) is 0 Å². The average molecular weight is 378 g/mol. The lowest BCUT2D eigenvalue weighted by molar-refractivity contribution is -0.137. The fourth-order valence-corrected chi connectivity index (χ4v) is 2.82. The first-order valence-corrected chi connectivity index (χ1v) is 8.69. The van der Waals surface area contributed by atoms with Gasteiger partial charge in [0.25, 0.3) is 5.56 Å². The summed E-state index contributed by atoms with van der Waals surface area (Å²) < 4.78 is 2.20. The van der Waals surface area contributed by atoms with Crippen molar-refractivity contribution < 1.29 is 19.8 Å². The van der Waals surface area contributed by atoms with Gasteiger partial charge in [0.05, 0.1) is 24.2 Å². The molecule has 10 nitrogen and oxygen atoms in total.